The number of rotatable bonds is 9. The molecule has 30 heavy (non-hydrogen) atoms. The molecule has 1 N–H and O–H groups in total. The van der Waals surface area contributed by atoms with Gasteiger partial charge in [-0.05, 0) is 38.1 Å². The lowest BCUT2D eigenvalue weighted by Crippen LogP contribution is -2.43. The number of carbonyl (C=O) groups is 2. The van der Waals surface area contributed by atoms with Crippen molar-refractivity contribution in [2.24, 2.45) is 0 Å². The van der Waals surface area contributed by atoms with Crippen molar-refractivity contribution in [2.45, 2.75) is 24.8 Å². The number of likely N-dealkylation sites (N-methyl/N-ethyl adjacent to an activating group) is 1. The van der Waals surface area contributed by atoms with E-state index in [1.54, 1.807) is 6.92 Å². The molecule has 2 aromatic carbocycles. The van der Waals surface area contributed by atoms with Crippen LogP contribution < -0.4 is 10.1 Å². The number of amides is 1. The molecule has 10 heteroatoms. The summed E-state index contributed by atoms with van der Waals surface area (Å²) in [6, 6.07) is 7.70. The molecule has 0 saturated carbocycles. The zero-order valence-electron chi connectivity index (χ0n) is 16.7. The SMILES string of the molecule is CC(=O)c1ccc(S(=O)(=O)N(C)CC(=O)NC(C)COc2ccc(F)cc2F)cc1. The largest absolute Gasteiger partial charge is 0.488 e. The Morgan fingerprint density at radius 3 is 2.33 bits per heavy atom. The number of hydrogen-bond acceptors (Lipinski definition) is 5. The van der Waals surface area contributed by atoms with E-state index in [4.69, 9.17) is 4.74 Å². The normalized spacial score (nSPS) is 12.5. The van der Waals surface area contributed by atoms with Gasteiger partial charge in [0.1, 0.15) is 12.4 Å². The first-order valence-electron chi connectivity index (χ1n) is 8.95. The van der Waals surface area contributed by atoms with Crippen molar-refractivity contribution >= 4 is 21.7 Å². The van der Waals surface area contributed by atoms with Crippen molar-refractivity contribution in [1.82, 2.24) is 9.62 Å². The first-order chi connectivity index (χ1) is 14.0. The van der Waals surface area contributed by atoms with Crippen LogP contribution in [0.4, 0.5) is 8.78 Å². The third kappa shape index (κ3) is 6.07. The average molecular weight is 440 g/mol. The second-order valence-electron chi connectivity index (χ2n) is 6.70. The van der Waals surface area contributed by atoms with Crippen LogP contribution in [-0.2, 0) is 14.8 Å². The van der Waals surface area contributed by atoms with Crippen LogP contribution in [0.5, 0.6) is 5.75 Å². The summed E-state index contributed by atoms with van der Waals surface area (Å²) in [4.78, 5) is 23.4. The number of halogens is 2. The molecule has 0 bridgehead atoms. The number of carbonyl (C=O) groups excluding carboxylic acids is 2. The van der Waals surface area contributed by atoms with Crippen molar-refractivity contribution in [3.8, 4) is 5.75 Å². The topological polar surface area (TPSA) is 92.8 Å². The van der Waals surface area contributed by atoms with E-state index in [0.717, 1.165) is 16.4 Å². The van der Waals surface area contributed by atoms with E-state index < -0.39 is 40.2 Å². The molecule has 1 amide bonds. The quantitative estimate of drug-likeness (QED) is 0.605. The fourth-order valence-electron chi connectivity index (χ4n) is 2.50. The summed E-state index contributed by atoms with van der Waals surface area (Å²) in [5, 5.41) is 2.55. The predicted octanol–water partition coefficient (Wildman–Crippen LogP) is 2.37. The number of benzene rings is 2. The summed E-state index contributed by atoms with van der Waals surface area (Å²) in [6.07, 6.45) is 0. The molecule has 2 rings (SSSR count). The second-order valence-corrected chi connectivity index (χ2v) is 8.74. The van der Waals surface area contributed by atoms with E-state index in [2.05, 4.69) is 5.32 Å². The first kappa shape index (κ1) is 23.4. The summed E-state index contributed by atoms with van der Waals surface area (Å²) in [5.41, 5.74) is 0.376. The smallest absolute Gasteiger partial charge is 0.243 e. The molecule has 2 aromatic rings. The van der Waals surface area contributed by atoms with Crippen molar-refractivity contribution in [1.29, 1.82) is 0 Å². The van der Waals surface area contributed by atoms with Crippen LogP contribution >= 0.6 is 0 Å². The van der Waals surface area contributed by atoms with Gasteiger partial charge in [0.2, 0.25) is 15.9 Å². The maximum Gasteiger partial charge on any atom is 0.243 e. The third-order valence-electron chi connectivity index (χ3n) is 4.13. The van der Waals surface area contributed by atoms with Crippen molar-refractivity contribution in [2.75, 3.05) is 20.2 Å². The van der Waals surface area contributed by atoms with Crippen molar-refractivity contribution in [3.05, 3.63) is 59.7 Å². The van der Waals surface area contributed by atoms with Crippen LogP contribution in [0.15, 0.2) is 47.4 Å². The molecule has 162 valence electrons. The molecule has 1 unspecified atom stereocenters. The minimum atomic E-state index is -3.93. The molecule has 1 atom stereocenters. The highest BCUT2D eigenvalue weighted by Crippen LogP contribution is 2.18. The molecule has 0 heterocycles. The fourth-order valence-corrected chi connectivity index (χ4v) is 3.63. The van der Waals surface area contributed by atoms with Gasteiger partial charge in [-0.2, -0.15) is 4.31 Å². The van der Waals surface area contributed by atoms with Gasteiger partial charge in [-0.3, -0.25) is 9.59 Å². The van der Waals surface area contributed by atoms with Crippen LogP contribution in [0.2, 0.25) is 0 Å². The Hall–Kier alpha value is -2.85. The monoisotopic (exact) mass is 440 g/mol. The number of hydrogen-bond donors (Lipinski definition) is 1. The first-order valence-corrected chi connectivity index (χ1v) is 10.4. The van der Waals surface area contributed by atoms with Gasteiger partial charge < -0.3 is 10.1 Å². The number of Topliss-reactive ketones (excluding diaryl/α,β-unsaturated/α-hetero) is 1. The van der Waals surface area contributed by atoms with E-state index in [-0.39, 0.29) is 23.0 Å². The summed E-state index contributed by atoms with van der Waals surface area (Å²) < 4.78 is 57.7. The molecule has 0 fully saturated rings. The third-order valence-corrected chi connectivity index (χ3v) is 5.94. The highest BCUT2D eigenvalue weighted by atomic mass is 32.2. The summed E-state index contributed by atoms with van der Waals surface area (Å²) in [6.45, 7) is 2.41. The van der Waals surface area contributed by atoms with Gasteiger partial charge in [0, 0.05) is 18.7 Å². The van der Waals surface area contributed by atoms with Gasteiger partial charge in [0.25, 0.3) is 0 Å². The molecule has 0 aromatic heterocycles. The van der Waals surface area contributed by atoms with Gasteiger partial charge in [-0.25, -0.2) is 17.2 Å². The molecular formula is C20H22F2N2O5S. The zero-order chi connectivity index (χ0) is 22.5. The van der Waals surface area contributed by atoms with Crippen LogP contribution in [0, 0.1) is 11.6 Å². The molecule has 0 aliphatic heterocycles. The van der Waals surface area contributed by atoms with Crippen molar-refractivity contribution in [3.63, 3.8) is 0 Å². The van der Waals surface area contributed by atoms with Gasteiger partial charge in [0.15, 0.2) is 17.3 Å². The highest BCUT2D eigenvalue weighted by molar-refractivity contribution is 7.89. The predicted molar refractivity (Wildman–Crippen MR) is 106 cm³/mol. The van der Waals surface area contributed by atoms with Gasteiger partial charge in [0.05, 0.1) is 17.5 Å². The Morgan fingerprint density at radius 1 is 1.13 bits per heavy atom. The number of ketones is 1. The molecule has 0 radical (unpaired) electrons. The Balaban J connectivity index is 1.91. The van der Waals surface area contributed by atoms with E-state index >= 15 is 0 Å². The van der Waals surface area contributed by atoms with Gasteiger partial charge in [-0.1, -0.05) is 12.1 Å². The van der Waals surface area contributed by atoms with E-state index in [0.29, 0.717) is 11.6 Å². The van der Waals surface area contributed by atoms with Crippen molar-refractivity contribution < 1.29 is 31.5 Å². The number of nitrogens with zero attached hydrogens (tertiary/aromatic N) is 1. The van der Waals surface area contributed by atoms with Crippen LogP contribution in [0.25, 0.3) is 0 Å². The molecular weight excluding hydrogens is 418 g/mol. The van der Waals surface area contributed by atoms with Crippen LogP contribution in [0.3, 0.4) is 0 Å². The van der Waals surface area contributed by atoms with Crippen LogP contribution in [-0.4, -0.2) is 50.7 Å². The molecule has 0 spiro atoms. The fraction of sp³-hybridized carbons (Fsp3) is 0.300. The van der Waals surface area contributed by atoms with E-state index in [9.17, 15) is 26.8 Å². The zero-order valence-corrected chi connectivity index (χ0v) is 17.5. The lowest BCUT2D eigenvalue weighted by atomic mass is 10.2. The van der Waals surface area contributed by atoms with Gasteiger partial charge in [-0.15, -0.1) is 0 Å². The molecule has 0 saturated heterocycles. The number of nitrogens with one attached hydrogen (secondary N) is 1. The van der Waals surface area contributed by atoms with E-state index in [1.165, 1.54) is 38.2 Å². The lowest BCUT2D eigenvalue weighted by Gasteiger charge is -2.19. The maximum absolute atomic E-state index is 13.6. The molecule has 0 aliphatic rings. The van der Waals surface area contributed by atoms with Gasteiger partial charge >= 0.3 is 0 Å². The Morgan fingerprint density at radius 2 is 1.77 bits per heavy atom. The standard InChI is InChI=1S/C20H22F2N2O5S/c1-13(12-29-19-9-6-16(21)10-18(19)22)23-20(26)11-24(3)30(27,28)17-7-4-15(5-8-17)14(2)25/h4-10,13H,11-12H2,1-3H3,(H,23,26). The average Bonchev–Trinajstić information content (AvgIpc) is 2.67. The minimum Gasteiger partial charge on any atom is -0.488 e. The lowest BCUT2D eigenvalue weighted by molar-refractivity contribution is -0.121. The highest BCUT2D eigenvalue weighted by Gasteiger charge is 2.23. The number of ether oxygens (including phenoxy) is 1. The molecule has 7 nitrogen and oxygen atoms in total. The van der Waals surface area contributed by atoms with Crippen LogP contribution in [0.1, 0.15) is 24.2 Å². The minimum absolute atomic E-state index is 0.0500. The summed E-state index contributed by atoms with van der Waals surface area (Å²) in [7, 11) is -2.68. The molecule has 0 aliphatic carbocycles. The Bertz CT molecular complexity index is 1030. The Labute approximate surface area is 173 Å². The summed E-state index contributed by atoms with van der Waals surface area (Å²) >= 11 is 0. The number of sulfonamides is 1. The van der Waals surface area contributed by atoms with E-state index in [1.807, 2.05) is 0 Å². The second kappa shape index (κ2) is 9.77. The Kier molecular flexibility index (Phi) is 7.63. The summed E-state index contributed by atoms with van der Waals surface area (Å²) in [5.74, 6) is -2.54. The maximum atomic E-state index is 13.6.